The van der Waals surface area contributed by atoms with Crippen molar-refractivity contribution in [3.63, 3.8) is 0 Å². The van der Waals surface area contributed by atoms with Gasteiger partial charge in [-0.15, -0.1) is 0 Å². The Hall–Kier alpha value is -2.82. The molecule has 22 heavy (non-hydrogen) atoms. The maximum atomic E-state index is 11.9. The molecular weight excluding hydrogens is 278 g/mol. The lowest BCUT2D eigenvalue weighted by Gasteiger charge is -2.08. The molecule has 0 aliphatic carbocycles. The Morgan fingerprint density at radius 3 is 2.18 bits per heavy atom. The molecule has 0 aliphatic heterocycles. The van der Waals surface area contributed by atoms with E-state index in [1.54, 1.807) is 24.3 Å². The fourth-order valence-electron chi connectivity index (χ4n) is 1.86. The van der Waals surface area contributed by atoms with Crippen LogP contribution in [0.4, 0.5) is 10.5 Å². The molecule has 0 radical (unpaired) electrons. The van der Waals surface area contributed by atoms with Gasteiger partial charge in [0.2, 0.25) is 0 Å². The van der Waals surface area contributed by atoms with E-state index >= 15 is 0 Å². The molecule has 2 aromatic rings. The minimum atomic E-state index is -0.296. The summed E-state index contributed by atoms with van der Waals surface area (Å²) < 4.78 is 0. The van der Waals surface area contributed by atoms with Crippen molar-refractivity contribution in [1.82, 2.24) is 10.6 Å². The van der Waals surface area contributed by atoms with Crippen molar-refractivity contribution in [2.75, 3.05) is 18.4 Å². The summed E-state index contributed by atoms with van der Waals surface area (Å²) in [6, 6.07) is 16.2. The third kappa shape index (κ3) is 4.94. The SMILES string of the molecule is Cc1ccc(C(=O)NCCNC(=O)Nc2ccccc2)cc1. The van der Waals surface area contributed by atoms with Crippen LogP contribution in [0.5, 0.6) is 0 Å². The standard InChI is InChI=1S/C17H19N3O2/c1-13-7-9-14(10-8-13)16(21)18-11-12-19-17(22)20-15-5-3-2-4-6-15/h2-10H,11-12H2,1H3,(H,18,21)(H2,19,20,22). The van der Waals surface area contributed by atoms with Gasteiger partial charge in [0.1, 0.15) is 0 Å². The molecule has 0 saturated carbocycles. The summed E-state index contributed by atoms with van der Waals surface area (Å²) in [6.07, 6.45) is 0. The lowest BCUT2D eigenvalue weighted by molar-refractivity contribution is 0.0954. The molecule has 5 nitrogen and oxygen atoms in total. The predicted molar refractivity (Wildman–Crippen MR) is 87.0 cm³/mol. The summed E-state index contributed by atoms with van der Waals surface area (Å²) in [6.45, 7) is 2.70. The van der Waals surface area contributed by atoms with E-state index in [2.05, 4.69) is 16.0 Å². The molecule has 0 atom stereocenters. The number of aryl methyl sites for hydroxylation is 1. The molecule has 3 N–H and O–H groups in total. The van der Waals surface area contributed by atoms with Gasteiger partial charge in [0.15, 0.2) is 0 Å². The molecule has 0 aliphatic rings. The predicted octanol–water partition coefficient (Wildman–Crippen LogP) is 2.55. The minimum absolute atomic E-state index is 0.148. The molecule has 0 fully saturated rings. The molecule has 0 unspecified atom stereocenters. The van der Waals surface area contributed by atoms with Gasteiger partial charge in [0.05, 0.1) is 0 Å². The van der Waals surface area contributed by atoms with Gasteiger partial charge >= 0.3 is 6.03 Å². The van der Waals surface area contributed by atoms with Gasteiger partial charge in [-0.25, -0.2) is 4.79 Å². The number of hydrogen-bond donors (Lipinski definition) is 3. The fraction of sp³-hybridized carbons (Fsp3) is 0.176. The average Bonchev–Trinajstić information content (AvgIpc) is 2.53. The molecule has 2 rings (SSSR count). The second kappa shape index (κ2) is 7.83. The molecule has 3 amide bonds. The number of carbonyl (C=O) groups excluding carboxylic acids is 2. The number of hydrogen-bond acceptors (Lipinski definition) is 2. The van der Waals surface area contributed by atoms with E-state index in [-0.39, 0.29) is 11.9 Å². The topological polar surface area (TPSA) is 70.2 Å². The van der Waals surface area contributed by atoms with E-state index in [4.69, 9.17) is 0 Å². The summed E-state index contributed by atoms with van der Waals surface area (Å²) in [5.41, 5.74) is 2.44. The quantitative estimate of drug-likeness (QED) is 0.742. The molecule has 0 aromatic heterocycles. The summed E-state index contributed by atoms with van der Waals surface area (Å²) in [4.78, 5) is 23.5. The largest absolute Gasteiger partial charge is 0.350 e. The number of nitrogens with one attached hydrogen (secondary N) is 3. The molecule has 114 valence electrons. The smallest absolute Gasteiger partial charge is 0.319 e. The van der Waals surface area contributed by atoms with Gasteiger partial charge in [-0.3, -0.25) is 4.79 Å². The van der Waals surface area contributed by atoms with Crippen LogP contribution in [-0.4, -0.2) is 25.0 Å². The summed E-state index contributed by atoms with van der Waals surface area (Å²) in [5, 5.41) is 8.14. The zero-order valence-corrected chi connectivity index (χ0v) is 12.4. The zero-order valence-electron chi connectivity index (χ0n) is 12.4. The van der Waals surface area contributed by atoms with Crippen molar-refractivity contribution in [3.8, 4) is 0 Å². The van der Waals surface area contributed by atoms with Crippen LogP contribution in [0.3, 0.4) is 0 Å². The Labute approximate surface area is 129 Å². The number of carbonyl (C=O) groups is 2. The molecule has 0 spiro atoms. The highest BCUT2D eigenvalue weighted by atomic mass is 16.2. The van der Waals surface area contributed by atoms with Gasteiger partial charge < -0.3 is 16.0 Å². The highest BCUT2D eigenvalue weighted by Gasteiger charge is 2.04. The molecule has 0 bridgehead atoms. The first-order valence-electron chi connectivity index (χ1n) is 7.10. The Kier molecular flexibility index (Phi) is 5.54. The maximum Gasteiger partial charge on any atom is 0.319 e. The second-order valence-electron chi connectivity index (χ2n) is 4.87. The van der Waals surface area contributed by atoms with E-state index in [9.17, 15) is 9.59 Å². The van der Waals surface area contributed by atoms with Crippen LogP contribution in [0.2, 0.25) is 0 Å². The number of rotatable bonds is 5. The molecule has 2 aromatic carbocycles. The van der Waals surface area contributed by atoms with Crippen LogP contribution >= 0.6 is 0 Å². The van der Waals surface area contributed by atoms with Crippen molar-refractivity contribution in [3.05, 3.63) is 65.7 Å². The first-order chi connectivity index (χ1) is 10.6. The van der Waals surface area contributed by atoms with Crippen LogP contribution in [0.1, 0.15) is 15.9 Å². The average molecular weight is 297 g/mol. The fourth-order valence-corrected chi connectivity index (χ4v) is 1.86. The highest BCUT2D eigenvalue weighted by Crippen LogP contribution is 2.04. The van der Waals surface area contributed by atoms with Crippen LogP contribution < -0.4 is 16.0 Å². The van der Waals surface area contributed by atoms with Crippen molar-refractivity contribution >= 4 is 17.6 Å². The first-order valence-corrected chi connectivity index (χ1v) is 7.10. The van der Waals surface area contributed by atoms with Crippen molar-refractivity contribution < 1.29 is 9.59 Å². The van der Waals surface area contributed by atoms with E-state index in [1.807, 2.05) is 37.3 Å². The minimum Gasteiger partial charge on any atom is -0.350 e. The molecule has 0 heterocycles. The van der Waals surface area contributed by atoms with E-state index in [0.29, 0.717) is 18.7 Å². The Balaban J connectivity index is 1.67. The van der Waals surface area contributed by atoms with Gasteiger partial charge in [-0.2, -0.15) is 0 Å². The normalized spacial score (nSPS) is 9.86. The first kappa shape index (κ1) is 15.6. The van der Waals surface area contributed by atoms with Gasteiger partial charge in [-0.05, 0) is 31.2 Å². The Bertz CT molecular complexity index is 624. The van der Waals surface area contributed by atoms with E-state index in [0.717, 1.165) is 11.3 Å². The Morgan fingerprint density at radius 1 is 0.864 bits per heavy atom. The summed E-state index contributed by atoms with van der Waals surface area (Å²) >= 11 is 0. The summed E-state index contributed by atoms with van der Waals surface area (Å²) in [7, 11) is 0. The molecular formula is C17H19N3O2. The van der Waals surface area contributed by atoms with Crippen LogP contribution in [-0.2, 0) is 0 Å². The second-order valence-corrected chi connectivity index (χ2v) is 4.87. The number of benzene rings is 2. The van der Waals surface area contributed by atoms with Gasteiger partial charge in [0, 0.05) is 24.3 Å². The maximum absolute atomic E-state index is 11.9. The zero-order chi connectivity index (χ0) is 15.8. The third-order valence-electron chi connectivity index (χ3n) is 3.04. The lowest BCUT2D eigenvalue weighted by atomic mass is 10.1. The summed E-state index contributed by atoms with van der Waals surface area (Å²) in [5.74, 6) is -0.148. The lowest BCUT2D eigenvalue weighted by Crippen LogP contribution is -2.36. The van der Waals surface area contributed by atoms with Crippen LogP contribution in [0, 0.1) is 6.92 Å². The number of amides is 3. The van der Waals surface area contributed by atoms with Gasteiger partial charge in [0.25, 0.3) is 5.91 Å². The number of urea groups is 1. The Morgan fingerprint density at radius 2 is 1.50 bits per heavy atom. The molecule has 0 saturated heterocycles. The van der Waals surface area contributed by atoms with E-state index < -0.39 is 0 Å². The van der Waals surface area contributed by atoms with Gasteiger partial charge in [-0.1, -0.05) is 35.9 Å². The number of anilines is 1. The monoisotopic (exact) mass is 297 g/mol. The van der Waals surface area contributed by atoms with Crippen molar-refractivity contribution in [2.24, 2.45) is 0 Å². The molecule has 5 heteroatoms. The van der Waals surface area contributed by atoms with Crippen molar-refractivity contribution in [1.29, 1.82) is 0 Å². The van der Waals surface area contributed by atoms with Crippen molar-refractivity contribution in [2.45, 2.75) is 6.92 Å². The van der Waals surface area contributed by atoms with Crippen LogP contribution in [0.15, 0.2) is 54.6 Å². The highest BCUT2D eigenvalue weighted by molar-refractivity contribution is 5.94. The van der Waals surface area contributed by atoms with E-state index in [1.165, 1.54) is 0 Å². The van der Waals surface area contributed by atoms with Crippen LogP contribution in [0.25, 0.3) is 0 Å². The number of para-hydroxylation sites is 1. The third-order valence-corrected chi connectivity index (χ3v) is 3.04.